The van der Waals surface area contributed by atoms with Gasteiger partial charge in [0.15, 0.2) is 24.7 Å². The second-order valence-corrected chi connectivity index (χ2v) is 7.89. The van der Waals surface area contributed by atoms with Crippen molar-refractivity contribution in [3.63, 3.8) is 0 Å². The summed E-state index contributed by atoms with van der Waals surface area (Å²) in [4.78, 5) is 25.7. The average Bonchev–Trinajstić information content (AvgIpc) is 3.22. The van der Waals surface area contributed by atoms with Crippen molar-refractivity contribution in [3.05, 3.63) is 90.0 Å². The van der Waals surface area contributed by atoms with Crippen molar-refractivity contribution in [2.45, 2.75) is 0 Å². The van der Waals surface area contributed by atoms with E-state index < -0.39 is 5.97 Å². The fourth-order valence-electron chi connectivity index (χ4n) is 4.05. The lowest BCUT2D eigenvalue weighted by atomic mass is 10.0. The van der Waals surface area contributed by atoms with Crippen LogP contribution in [-0.4, -0.2) is 36.6 Å². The summed E-state index contributed by atoms with van der Waals surface area (Å²) in [6, 6.07) is 24.3. The van der Waals surface area contributed by atoms with Crippen molar-refractivity contribution in [2.24, 2.45) is 7.05 Å². The van der Waals surface area contributed by atoms with Crippen molar-refractivity contribution in [2.75, 3.05) is 20.3 Å². The van der Waals surface area contributed by atoms with Gasteiger partial charge in [-0.3, -0.25) is 4.79 Å². The molecule has 0 saturated heterocycles. The Morgan fingerprint density at radius 2 is 1.75 bits per heavy atom. The SMILES string of the molecule is COc1cc(/C=C/C(=O)OCC(=O)c2c(-c3ccccc3)n(C)c3ccccc23)ccc1OCC#N. The highest BCUT2D eigenvalue weighted by Gasteiger charge is 2.22. The molecule has 4 aromatic rings. The summed E-state index contributed by atoms with van der Waals surface area (Å²) in [6.45, 7) is -0.490. The van der Waals surface area contributed by atoms with E-state index in [-0.39, 0.29) is 19.0 Å². The zero-order chi connectivity index (χ0) is 25.5. The molecule has 0 bridgehead atoms. The highest BCUT2D eigenvalue weighted by atomic mass is 16.5. The number of para-hydroxylation sites is 1. The van der Waals surface area contributed by atoms with E-state index in [4.69, 9.17) is 19.5 Å². The smallest absolute Gasteiger partial charge is 0.331 e. The molecule has 0 aliphatic rings. The first kappa shape index (κ1) is 24.3. The number of methoxy groups -OCH3 is 1. The molecule has 4 rings (SSSR count). The second kappa shape index (κ2) is 11.1. The number of aromatic nitrogens is 1. The Labute approximate surface area is 208 Å². The number of ether oxygens (including phenoxy) is 3. The molecule has 7 nitrogen and oxygen atoms in total. The molecule has 180 valence electrons. The molecule has 0 aliphatic carbocycles. The third kappa shape index (κ3) is 5.13. The van der Waals surface area contributed by atoms with Crippen LogP contribution in [0.3, 0.4) is 0 Å². The first-order valence-corrected chi connectivity index (χ1v) is 11.2. The number of benzene rings is 3. The lowest BCUT2D eigenvalue weighted by Crippen LogP contribution is -2.13. The molecule has 3 aromatic carbocycles. The lowest BCUT2D eigenvalue weighted by molar-refractivity contribution is -0.136. The first-order valence-electron chi connectivity index (χ1n) is 11.2. The maximum Gasteiger partial charge on any atom is 0.331 e. The number of ketones is 1. The number of carbonyl (C=O) groups is 2. The molecule has 0 atom stereocenters. The number of hydrogen-bond acceptors (Lipinski definition) is 6. The highest BCUT2D eigenvalue weighted by molar-refractivity contribution is 6.14. The van der Waals surface area contributed by atoms with Crippen LogP contribution in [0.25, 0.3) is 28.2 Å². The molecular weight excluding hydrogens is 456 g/mol. The van der Waals surface area contributed by atoms with Gasteiger partial charge in [-0.2, -0.15) is 5.26 Å². The van der Waals surface area contributed by atoms with Gasteiger partial charge in [0.25, 0.3) is 0 Å². The quantitative estimate of drug-likeness (QED) is 0.186. The zero-order valence-corrected chi connectivity index (χ0v) is 19.9. The van der Waals surface area contributed by atoms with E-state index in [2.05, 4.69) is 0 Å². The maximum absolute atomic E-state index is 13.3. The van der Waals surface area contributed by atoms with Gasteiger partial charge in [-0.25, -0.2) is 4.79 Å². The van der Waals surface area contributed by atoms with E-state index in [1.807, 2.05) is 72.3 Å². The fraction of sp³-hybridized carbons (Fsp3) is 0.138. The van der Waals surface area contributed by atoms with Crippen LogP contribution in [0.5, 0.6) is 11.5 Å². The summed E-state index contributed by atoms with van der Waals surface area (Å²) in [5.41, 5.74) is 3.79. The van der Waals surface area contributed by atoms with Gasteiger partial charge < -0.3 is 18.8 Å². The van der Waals surface area contributed by atoms with Crippen LogP contribution in [0.4, 0.5) is 0 Å². The number of Topliss-reactive ketones (excluding diaryl/α,β-unsaturated/α-hetero) is 1. The molecule has 0 radical (unpaired) electrons. The van der Waals surface area contributed by atoms with E-state index >= 15 is 0 Å². The molecule has 0 saturated carbocycles. The molecule has 0 N–H and O–H groups in total. The first-order chi connectivity index (χ1) is 17.5. The average molecular weight is 481 g/mol. The standard InChI is InChI=1S/C29H24N2O5/c1-31-23-11-7-6-10-22(23)28(29(31)21-8-4-3-5-9-21)24(32)19-36-27(33)15-13-20-12-14-25(35-17-16-30)26(18-20)34-2/h3-15,18H,17,19H2,1-2H3/b15-13+. The largest absolute Gasteiger partial charge is 0.493 e. The van der Waals surface area contributed by atoms with Gasteiger partial charge in [-0.05, 0) is 35.4 Å². The van der Waals surface area contributed by atoms with Crippen LogP contribution >= 0.6 is 0 Å². The van der Waals surface area contributed by atoms with Crippen LogP contribution in [0.15, 0.2) is 78.9 Å². The van der Waals surface area contributed by atoms with Crippen molar-refractivity contribution >= 4 is 28.7 Å². The van der Waals surface area contributed by atoms with Crippen LogP contribution < -0.4 is 9.47 Å². The molecule has 7 heteroatoms. The van der Waals surface area contributed by atoms with Crippen molar-refractivity contribution in [1.82, 2.24) is 4.57 Å². The van der Waals surface area contributed by atoms with E-state index in [0.717, 1.165) is 22.2 Å². The molecule has 0 amide bonds. The predicted octanol–water partition coefficient (Wildman–Crippen LogP) is 5.20. The van der Waals surface area contributed by atoms with Gasteiger partial charge in [-0.1, -0.05) is 54.6 Å². The van der Waals surface area contributed by atoms with Gasteiger partial charge >= 0.3 is 5.97 Å². The van der Waals surface area contributed by atoms with Gasteiger partial charge in [0, 0.05) is 24.0 Å². The molecule has 1 heterocycles. The summed E-state index contributed by atoms with van der Waals surface area (Å²) < 4.78 is 17.8. The number of rotatable bonds is 9. The summed E-state index contributed by atoms with van der Waals surface area (Å²) in [5.74, 6) is -0.0734. The minimum Gasteiger partial charge on any atom is -0.493 e. The summed E-state index contributed by atoms with van der Waals surface area (Å²) in [6.07, 6.45) is 2.80. The third-order valence-corrected chi connectivity index (χ3v) is 5.67. The predicted molar refractivity (Wildman–Crippen MR) is 137 cm³/mol. The Kier molecular flexibility index (Phi) is 7.47. The Bertz CT molecular complexity index is 1480. The monoisotopic (exact) mass is 480 g/mol. The summed E-state index contributed by atoms with van der Waals surface area (Å²) in [7, 11) is 3.40. The van der Waals surface area contributed by atoms with Crippen molar-refractivity contribution < 1.29 is 23.8 Å². The summed E-state index contributed by atoms with van der Waals surface area (Å²) in [5, 5.41) is 9.48. The number of hydrogen-bond donors (Lipinski definition) is 0. The zero-order valence-electron chi connectivity index (χ0n) is 19.9. The minimum atomic E-state index is -0.645. The van der Waals surface area contributed by atoms with E-state index in [1.165, 1.54) is 13.2 Å². The topological polar surface area (TPSA) is 90.6 Å². The van der Waals surface area contributed by atoms with Gasteiger partial charge in [-0.15, -0.1) is 0 Å². The Morgan fingerprint density at radius 3 is 2.50 bits per heavy atom. The normalized spacial score (nSPS) is 10.8. The van der Waals surface area contributed by atoms with Gasteiger partial charge in [0.2, 0.25) is 5.78 Å². The van der Waals surface area contributed by atoms with Crippen molar-refractivity contribution in [1.29, 1.82) is 5.26 Å². The summed E-state index contributed by atoms with van der Waals surface area (Å²) >= 11 is 0. The minimum absolute atomic E-state index is 0.103. The number of nitrogens with zero attached hydrogens (tertiary/aromatic N) is 2. The fourth-order valence-corrected chi connectivity index (χ4v) is 4.05. The number of fused-ring (bicyclic) bond motifs is 1. The van der Waals surface area contributed by atoms with Crippen molar-refractivity contribution in [3.8, 4) is 28.8 Å². The molecule has 1 aromatic heterocycles. The Hall–Kier alpha value is -4.83. The molecule has 36 heavy (non-hydrogen) atoms. The maximum atomic E-state index is 13.3. The van der Waals surface area contributed by atoms with Crippen LogP contribution in [-0.2, 0) is 16.6 Å². The number of aryl methyl sites for hydroxylation is 1. The number of nitriles is 1. The molecule has 0 fully saturated rings. The molecule has 0 spiro atoms. The van der Waals surface area contributed by atoms with Gasteiger partial charge in [0.1, 0.15) is 6.07 Å². The van der Waals surface area contributed by atoms with Crippen LogP contribution in [0, 0.1) is 11.3 Å². The van der Waals surface area contributed by atoms with E-state index in [9.17, 15) is 9.59 Å². The lowest BCUT2D eigenvalue weighted by Gasteiger charge is -2.09. The highest BCUT2D eigenvalue weighted by Crippen LogP contribution is 2.33. The second-order valence-electron chi connectivity index (χ2n) is 7.89. The molecular formula is C29H24N2O5. The molecule has 0 unspecified atom stereocenters. The Morgan fingerprint density at radius 1 is 1.00 bits per heavy atom. The third-order valence-electron chi connectivity index (χ3n) is 5.67. The Balaban J connectivity index is 1.51. The number of esters is 1. The van der Waals surface area contributed by atoms with E-state index in [1.54, 1.807) is 24.3 Å². The van der Waals surface area contributed by atoms with Gasteiger partial charge in [0.05, 0.1) is 18.4 Å². The molecule has 0 aliphatic heterocycles. The van der Waals surface area contributed by atoms with Crippen LogP contribution in [0.1, 0.15) is 15.9 Å². The van der Waals surface area contributed by atoms with E-state index in [0.29, 0.717) is 22.6 Å². The van der Waals surface area contributed by atoms with Crippen LogP contribution in [0.2, 0.25) is 0 Å². The number of carbonyl (C=O) groups excluding carboxylic acids is 2.